The molecule has 0 spiro atoms. The second-order valence-electron chi connectivity index (χ2n) is 15.9. The van der Waals surface area contributed by atoms with Crippen LogP contribution in [0, 0.1) is 0 Å². The summed E-state index contributed by atoms with van der Waals surface area (Å²) in [4.78, 5) is 12.6. The van der Waals surface area contributed by atoms with Gasteiger partial charge in [-0.2, -0.15) is 0 Å². The van der Waals surface area contributed by atoms with Crippen molar-refractivity contribution in [2.24, 2.45) is 0 Å². The molecule has 0 bridgehead atoms. The molecule has 11 atom stereocenters. The van der Waals surface area contributed by atoms with E-state index in [4.69, 9.17) is 28.4 Å². The Bertz CT molecular complexity index is 1000. The Labute approximate surface area is 342 Å². The van der Waals surface area contributed by atoms with Crippen molar-refractivity contribution in [3.8, 4) is 0 Å². The summed E-state index contributed by atoms with van der Waals surface area (Å²) in [6.07, 6.45) is 13.9. The lowest BCUT2D eigenvalue weighted by atomic mass is 9.98. The van der Waals surface area contributed by atoms with E-state index in [0.717, 1.165) is 32.1 Å². The van der Waals surface area contributed by atoms with Gasteiger partial charge < -0.3 is 64.2 Å². The molecule has 2 heterocycles. The van der Waals surface area contributed by atoms with Gasteiger partial charge in [-0.05, 0) is 38.5 Å². The minimum Gasteiger partial charge on any atom is -0.457 e. The second-order valence-corrected chi connectivity index (χ2v) is 15.9. The highest BCUT2D eigenvalue weighted by molar-refractivity contribution is 5.69. The van der Waals surface area contributed by atoms with Gasteiger partial charge in [-0.1, -0.05) is 122 Å². The van der Waals surface area contributed by atoms with Crippen molar-refractivity contribution in [1.29, 1.82) is 0 Å². The number of esters is 1. The zero-order valence-corrected chi connectivity index (χ0v) is 35.1. The minimum absolute atomic E-state index is 0.0616. The summed E-state index contributed by atoms with van der Waals surface area (Å²) in [7, 11) is 0. The van der Waals surface area contributed by atoms with Crippen LogP contribution in [0.15, 0.2) is 12.2 Å². The van der Waals surface area contributed by atoms with Crippen molar-refractivity contribution in [3.63, 3.8) is 0 Å². The van der Waals surface area contributed by atoms with Gasteiger partial charge in [-0.15, -0.1) is 0 Å². The second kappa shape index (κ2) is 32.5. The Morgan fingerprint density at radius 2 is 1.04 bits per heavy atom. The molecule has 0 radical (unpaired) electrons. The van der Waals surface area contributed by atoms with E-state index >= 15 is 0 Å². The smallest absolute Gasteiger partial charge is 0.306 e. The summed E-state index contributed by atoms with van der Waals surface area (Å²) < 4.78 is 33.8. The van der Waals surface area contributed by atoms with Gasteiger partial charge >= 0.3 is 5.97 Å². The Morgan fingerprint density at radius 3 is 1.60 bits per heavy atom. The average molecular weight is 821 g/mol. The Hall–Kier alpha value is -1.27. The zero-order chi connectivity index (χ0) is 41.7. The van der Waals surface area contributed by atoms with E-state index in [1.165, 1.54) is 96.3 Å². The van der Waals surface area contributed by atoms with Gasteiger partial charge in [0, 0.05) is 13.0 Å². The molecule has 0 amide bonds. The van der Waals surface area contributed by atoms with Crippen LogP contribution in [0.1, 0.15) is 155 Å². The number of aliphatic hydroxyl groups excluding tert-OH is 7. The molecule has 0 aromatic carbocycles. The zero-order valence-electron chi connectivity index (χ0n) is 35.1. The third-order valence-corrected chi connectivity index (χ3v) is 10.8. The molecule has 0 aromatic rings. The van der Waals surface area contributed by atoms with Gasteiger partial charge in [0.15, 0.2) is 12.6 Å². The maximum atomic E-state index is 12.6. The predicted octanol–water partition coefficient (Wildman–Crippen LogP) is 4.73. The molecule has 0 aromatic heterocycles. The lowest BCUT2D eigenvalue weighted by Gasteiger charge is -2.42. The standard InChI is InChI=1S/C43H80O14/c1-3-5-7-8-9-10-11-12-13-14-15-16-17-18-19-20-21-22-23-25-27-52-29-32(55-35(45)26-24-6-4-2)30-53-42-41(51)39(49)37(47)34(57-42)31-54-43-40(50)38(48)36(46)33(28-44)56-43/h12-13,32-34,36-44,46-51H,3-11,14-31H2,1-2H3/b13-12-. The molecule has 0 aliphatic carbocycles. The molecule has 14 nitrogen and oxygen atoms in total. The van der Waals surface area contributed by atoms with Gasteiger partial charge in [0.25, 0.3) is 0 Å². The molecular weight excluding hydrogens is 740 g/mol. The third kappa shape index (κ3) is 21.7. The Kier molecular flexibility index (Phi) is 29.6. The van der Waals surface area contributed by atoms with Crippen LogP contribution in [0.2, 0.25) is 0 Å². The first-order valence-corrected chi connectivity index (χ1v) is 22.3. The first-order valence-electron chi connectivity index (χ1n) is 22.3. The third-order valence-electron chi connectivity index (χ3n) is 10.8. The minimum atomic E-state index is -1.70. The summed E-state index contributed by atoms with van der Waals surface area (Å²) in [6, 6.07) is 0. The summed E-state index contributed by atoms with van der Waals surface area (Å²) in [6.45, 7) is 3.49. The van der Waals surface area contributed by atoms with Crippen LogP contribution < -0.4 is 0 Å². The lowest BCUT2D eigenvalue weighted by molar-refractivity contribution is -0.332. The first kappa shape index (κ1) is 51.9. The monoisotopic (exact) mass is 821 g/mol. The van der Waals surface area contributed by atoms with Crippen LogP contribution in [-0.4, -0.2) is 142 Å². The van der Waals surface area contributed by atoms with E-state index in [1.807, 2.05) is 6.92 Å². The summed E-state index contributed by atoms with van der Waals surface area (Å²) >= 11 is 0. The van der Waals surface area contributed by atoms with E-state index in [2.05, 4.69) is 19.1 Å². The van der Waals surface area contributed by atoms with E-state index in [1.54, 1.807) is 0 Å². The highest BCUT2D eigenvalue weighted by Gasteiger charge is 2.47. The molecule has 2 aliphatic heterocycles. The fourth-order valence-corrected chi connectivity index (χ4v) is 7.04. The Morgan fingerprint density at radius 1 is 0.561 bits per heavy atom. The summed E-state index contributed by atoms with van der Waals surface area (Å²) in [5.41, 5.74) is 0. The molecule has 2 rings (SSSR count). The van der Waals surface area contributed by atoms with Crippen molar-refractivity contribution < 1.29 is 69.0 Å². The predicted molar refractivity (Wildman–Crippen MR) is 215 cm³/mol. The lowest BCUT2D eigenvalue weighted by Crippen LogP contribution is -2.61. The number of carbonyl (C=O) groups excluding carboxylic acids is 1. The van der Waals surface area contributed by atoms with Gasteiger partial charge in [-0.3, -0.25) is 4.79 Å². The van der Waals surface area contributed by atoms with Crippen molar-refractivity contribution in [2.45, 2.75) is 223 Å². The van der Waals surface area contributed by atoms with Gasteiger partial charge in [0.05, 0.1) is 26.4 Å². The summed E-state index contributed by atoms with van der Waals surface area (Å²) in [5.74, 6) is -0.400. The maximum absolute atomic E-state index is 12.6. The summed E-state index contributed by atoms with van der Waals surface area (Å²) in [5, 5.41) is 71.5. The molecule has 14 heteroatoms. The Balaban J connectivity index is 1.66. The van der Waals surface area contributed by atoms with Crippen molar-refractivity contribution in [3.05, 3.63) is 12.2 Å². The van der Waals surface area contributed by atoms with Crippen LogP contribution in [0.5, 0.6) is 0 Å². The molecule has 7 N–H and O–H groups in total. The van der Waals surface area contributed by atoms with E-state index in [9.17, 15) is 40.5 Å². The fourth-order valence-electron chi connectivity index (χ4n) is 7.04. The number of rotatable bonds is 34. The van der Waals surface area contributed by atoms with Gasteiger partial charge in [-0.25, -0.2) is 0 Å². The molecule has 336 valence electrons. The van der Waals surface area contributed by atoms with Crippen LogP contribution >= 0.6 is 0 Å². The number of unbranched alkanes of at least 4 members (excludes halogenated alkanes) is 18. The average Bonchev–Trinajstić information content (AvgIpc) is 3.20. The topological polar surface area (TPSA) is 214 Å². The largest absolute Gasteiger partial charge is 0.457 e. The van der Waals surface area contributed by atoms with Crippen LogP contribution in [0.3, 0.4) is 0 Å². The van der Waals surface area contributed by atoms with Crippen LogP contribution in [0.4, 0.5) is 0 Å². The fraction of sp³-hybridized carbons (Fsp3) is 0.930. The van der Waals surface area contributed by atoms with Crippen molar-refractivity contribution >= 4 is 5.97 Å². The molecule has 0 saturated carbocycles. The van der Waals surface area contributed by atoms with Gasteiger partial charge in [0.2, 0.25) is 0 Å². The van der Waals surface area contributed by atoms with E-state index in [0.29, 0.717) is 13.0 Å². The van der Waals surface area contributed by atoms with E-state index in [-0.39, 0.29) is 19.6 Å². The molecule has 57 heavy (non-hydrogen) atoms. The van der Waals surface area contributed by atoms with Crippen molar-refractivity contribution in [2.75, 3.05) is 33.0 Å². The quantitative estimate of drug-likeness (QED) is 0.0266. The number of ether oxygens (including phenoxy) is 6. The molecule has 2 fully saturated rings. The number of hydrogen-bond acceptors (Lipinski definition) is 14. The molecule has 2 saturated heterocycles. The SMILES string of the molecule is CCCCCCCC/C=C\CCCCCCCCCCCCOCC(COC1OC(COC2OC(CO)C(O)C(O)C2O)C(O)C(O)C1O)OC(=O)CCCCC. The normalized spacial score (nSPS) is 28.6. The molecular formula is C43H80O14. The number of hydrogen-bond donors (Lipinski definition) is 7. The molecule has 2 aliphatic rings. The maximum Gasteiger partial charge on any atom is 0.306 e. The number of aliphatic hydroxyl groups is 7. The first-order chi connectivity index (χ1) is 27.6. The number of allylic oxidation sites excluding steroid dienone is 2. The van der Waals surface area contributed by atoms with Gasteiger partial charge in [0.1, 0.15) is 54.9 Å². The van der Waals surface area contributed by atoms with Crippen LogP contribution in [-0.2, 0) is 33.2 Å². The highest BCUT2D eigenvalue weighted by atomic mass is 16.7. The molecule has 11 unspecified atom stereocenters. The van der Waals surface area contributed by atoms with Crippen molar-refractivity contribution in [1.82, 2.24) is 0 Å². The van der Waals surface area contributed by atoms with Crippen LogP contribution in [0.25, 0.3) is 0 Å². The number of carbonyl (C=O) groups is 1. The highest BCUT2D eigenvalue weighted by Crippen LogP contribution is 2.26. The van der Waals surface area contributed by atoms with E-state index < -0.39 is 86.7 Å².